The van der Waals surface area contributed by atoms with Gasteiger partial charge in [0.2, 0.25) is 5.91 Å². The fourth-order valence-electron chi connectivity index (χ4n) is 2.81. The van der Waals surface area contributed by atoms with Gasteiger partial charge in [0.15, 0.2) is 0 Å². The molecule has 1 fully saturated rings. The Morgan fingerprint density at radius 1 is 1.29 bits per heavy atom. The summed E-state index contributed by atoms with van der Waals surface area (Å²) in [4.78, 5) is 38.0. The van der Waals surface area contributed by atoms with Gasteiger partial charge in [0.25, 0.3) is 5.91 Å². The Hall–Kier alpha value is -1.37. The van der Waals surface area contributed by atoms with Crippen LogP contribution in [0, 0.1) is 0 Å². The number of ether oxygens (including phenoxy) is 1. The molecule has 1 N–H and O–H groups in total. The third-order valence-corrected chi connectivity index (χ3v) is 4.23. The number of nitrogens with one attached hydrogen (secondary N) is 1. The number of nitrogens with zero attached hydrogens (tertiary/aromatic N) is 1. The molecule has 136 valence electrons. The van der Waals surface area contributed by atoms with E-state index in [4.69, 9.17) is 4.74 Å². The van der Waals surface area contributed by atoms with Crippen molar-refractivity contribution in [2.24, 2.45) is 0 Å². The average molecular weight is 403 g/mol. The molecule has 0 aromatic carbocycles. The highest BCUT2D eigenvalue weighted by Gasteiger charge is 2.43. The second-order valence-corrected chi connectivity index (χ2v) is 7.78. The van der Waals surface area contributed by atoms with Gasteiger partial charge < -0.3 is 15.0 Å². The lowest BCUT2D eigenvalue weighted by molar-refractivity contribution is -0.163. The zero-order valence-corrected chi connectivity index (χ0v) is 16.4. The highest BCUT2D eigenvalue weighted by Crippen LogP contribution is 2.30. The van der Waals surface area contributed by atoms with Gasteiger partial charge in [-0.2, -0.15) is 0 Å². The summed E-state index contributed by atoms with van der Waals surface area (Å²) in [5.74, 6) is -1.19. The first-order valence-electron chi connectivity index (χ1n) is 8.14. The largest absolute Gasteiger partial charge is 0.458 e. The molecule has 2 atom stereocenters. The molecule has 0 radical (unpaired) electrons. The van der Waals surface area contributed by atoms with Crippen molar-refractivity contribution in [2.75, 3.05) is 5.33 Å². The van der Waals surface area contributed by atoms with Crippen LogP contribution in [-0.2, 0) is 19.1 Å². The van der Waals surface area contributed by atoms with Gasteiger partial charge >= 0.3 is 5.97 Å². The van der Waals surface area contributed by atoms with Gasteiger partial charge in [-0.1, -0.05) is 22.5 Å². The molecule has 24 heavy (non-hydrogen) atoms. The van der Waals surface area contributed by atoms with Gasteiger partial charge in [-0.25, -0.2) is 4.79 Å². The minimum absolute atomic E-state index is 0.0122. The van der Waals surface area contributed by atoms with Crippen LogP contribution in [0.5, 0.6) is 0 Å². The number of likely N-dealkylation sites (tertiary alicyclic amines) is 1. The predicted molar refractivity (Wildman–Crippen MR) is 95.5 cm³/mol. The van der Waals surface area contributed by atoms with E-state index in [0.29, 0.717) is 6.42 Å². The van der Waals surface area contributed by atoms with E-state index in [0.717, 1.165) is 24.6 Å². The van der Waals surface area contributed by atoms with E-state index < -0.39 is 23.5 Å². The highest BCUT2D eigenvalue weighted by molar-refractivity contribution is 9.09. The fourth-order valence-corrected chi connectivity index (χ4v) is 3.13. The predicted octanol–water partition coefficient (Wildman–Crippen LogP) is 2.51. The van der Waals surface area contributed by atoms with E-state index in [1.54, 1.807) is 20.8 Å². The fraction of sp³-hybridized carbons (Fsp3) is 0.706. The number of hydrogen-bond acceptors (Lipinski definition) is 4. The van der Waals surface area contributed by atoms with Crippen molar-refractivity contribution >= 4 is 33.7 Å². The minimum Gasteiger partial charge on any atom is -0.458 e. The Kier molecular flexibility index (Phi) is 7.45. The number of halogens is 1. The number of esters is 1. The number of amides is 2. The topological polar surface area (TPSA) is 75.7 Å². The second kappa shape index (κ2) is 8.65. The first kappa shape index (κ1) is 20.7. The molecule has 0 bridgehead atoms. The lowest BCUT2D eigenvalue weighted by Crippen LogP contribution is -2.49. The van der Waals surface area contributed by atoms with Crippen molar-refractivity contribution in [1.82, 2.24) is 10.2 Å². The third-order valence-electron chi connectivity index (χ3n) is 3.67. The van der Waals surface area contributed by atoms with Crippen LogP contribution < -0.4 is 5.32 Å². The maximum Gasteiger partial charge on any atom is 0.329 e. The standard InChI is InChI=1S/C17H27BrN2O4/c1-11(19-12(2)21)15(22)20-13(7-6-10-18)8-9-14(20)16(23)24-17(3,4)5/h13-14H,1,6-10H2,2-5H3,(H,19,21)/t13-,14-/m0/s1. The van der Waals surface area contributed by atoms with Crippen molar-refractivity contribution in [3.63, 3.8) is 0 Å². The van der Waals surface area contributed by atoms with E-state index in [-0.39, 0.29) is 17.6 Å². The van der Waals surface area contributed by atoms with Crippen molar-refractivity contribution in [2.45, 2.75) is 71.1 Å². The van der Waals surface area contributed by atoms with E-state index in [2.05, 4.69) is 27.8 Å². The maximum absolute atomic E-state index is 12.7. The summed E-state index contributed by atoms with van der Waals surface area (Å²) in [6.07, 6.45) is 2.96. The average Bonchev–Trinajstić information content (AvgIpc) is 2.85. The Labute approximate surface area is 152 Å². The van der Waals surface area contributed by atoms with E-state index in [1.165, 1.54) is 11.8 Å². The Balaban J connectivity index is 2.97. The van der Waals surface area contributed by atoms with Crippen LogP contribution >= 0.6 is 15.9 Å². The summed E-state index contributed by atoms with van der Waals surface area (Å²) >= 11 is 3.39. The molecule has 0 aromatic heterocycles. The monoisotopic (exact) mass is 402 g/mol. The van der Waals surface area contributed by atoms with Gasteiger partial charge in [0.1, 0.15) is 11.6 Å². The SMILES string of the molecule is C=C(NC(C)=O)C(=O)N1[C@@H](CCCBr)CC[C@H]1C(=O)OC(C)(C)C. The zero-order chi connectivity index (χ0) is 18.5. The van der Waals surface area contributed by atoms with Gasteiger partial charge in [-0.15, -0.1) is 0 Å². The lowest BCUT2D eigenvalue weighted by Gasteiger charge is -2.31. The summed E-state index contributed by atoms with van der Waals surface area (Å²) in [7, 11) is 0. The minimum atomic E-state index is -0.637. The summed E-state index contributed by atoms with van der Waals surface area (Å²) in [6.45, 7) is 10.3. The molecule has 0 saturated carbocycles. The molecular weight excluding hydrogens is 376 g/mol. The van der Waals surface area contributed by atoms with Crippen LogP contribution in [-0.4, -0.2) is 45.7 Å². The van der Waals surface area contributed by atoms with Gasteiger partial charge in [-0.3, -0.25) is 9.59 Å². The first-order valence-corrected chi connectivity index (χ1v) is 9.27. The molecule has 7 heteroatoms. The highest BCUT2D eigenvalue weighted by atomic mass is 79.9. The van der Waals surface area contributed by atoms with Crippen LogP contribution in [0.15, 0.2) is 12.3 Å². The molecular formula is C17H27BrN2O4. The first-order chi connectivity index (χ1) is 11.1. The third kappa shape index (κ3) is 5.92. The lowest BCUT2D eigenvalue weighted by atomic mass is 10.1. The van der Waals surface area contributed by atoms with Crippen LogP contribution in [0.2, 0.25) is 0 Å². The van der Waals surface area contributed by atoms with E-state index in [1.807, 2.05) is 0 Å². The molecule has 0 spiro atoms. The molecule has 1 rings (SSSR count). The number of hydrogen-bond donors (Lipinski definition) is 1. The van der Waals surface area contributed by atoms with Crippen LogP contribution in [0.25, 0.3) is 0 Å². The summed E-state index contributed by atoms with van der Waals surface area (Å²) in [5.41, 5.74) is -0.629. The number of carbonyl (C=O) groups is 3. The molecule has 1 saturated heterocycles. The summed E-state index contributed by atoms with van der Waals surface area (Å²) in [6, 6.07) is -0.694. The molecule has 0 unspecified atom stereocenters. The van der Waals surface area contributed by atoms with Gasteiger partial charge in [-0.05, 0) is 46.5 Å². The maximum atomic E-state index is 12.7. The van der Waals surface area contributed by atoms with E-state index >= 15 is 0 Å². The number of alkyl halides is 1. The summed E-state index contributed by atoms with van der Waals surface area (Å²) in [5, 5.41) is 3.25. The number of rotatable bonds is 6. The quantitative estimate of drug-likeness (QED) is 0.420. The van der Waals surface area contributed by atoms with Crippen LogP contribution in [0.4, 0.5) is 0 Å². The van der Waals surface area contributed by atoms with Crippen molar-refractivity contribution in [3.8, 4) is 0 Å². The second-order valence-electron chi connectivity index (χ2n) is 6.98. The molecule has 1 aliphatic heterocycles. The Morgan fingerprint density at radius 2 is 1.92 bits per heavy atom. The normalized spacial score (nSPS) is 20.6. The summed E-state index contributed by atoms with van der Waals surface area (Å²) < 4.78 is 5.46. The number of carbonyl (C=O) groups excluding carboxylic acids is 3. The molecule has 0 aliphatic carbocycles. The van der Waals surface area contributed by atoms with Gasteiger partial charge in [0, 0.05) is 18.3 Å². The molecule has 0 aromatic rings. The molecule has 2 amide bonds. The molecule has 6 nitrogen and oxygen atoms in total. The van der Waals surface area contributed by atoms with Crippen molar-refractivity contribution in [1.29, 1.82) is 0 Å². The molecule has 1 aliphatic rings. The van der Waals surface area contributed by atoms with Gasteiger partial charge in [0.05, 0.1) is 5.70 Å². The van der Waals surface area contributed by atoms with Crippen LogP contribution in [0.1, 0.15) is 53.4 Å². The van der Waals surface area contributed by atoms with Crippen molar-refractivity contribution in [3.05, 3.63) is 12.3 Å². The van der Waals surface area contributed by atoms with Crippen molar-refractivity contribution < 1.29 is 19.1 Å². The molecule has 1 heterocycles. The van der Waals surface area contributed by atoms with E-state index in [9.17, 15) is 14.4 Å². The zero-order valence-electron chi connectivity index (χ0n) is 14.9. The Morgan fingerprint density at radius 3 is 2.42 bits per heavy atom. The smallest absolute Gasteiger partial charge is 0.329 e. The van der Waals surface area contributed by atoms with Crippen LogP contribution in [0.3, 0.4) is 0 Å². The Bertz CT molecular complexity index is 513.